The molecule has 0 aliphatic rings. The van der Waals surface area contributed by atoms with Gasteiger partial charge in [0.15, 0.2) is 5.78 Å². The molecule has 9 N–H and O–H groups in total. The minimum atomic E-state index is -1.83. The summed E-state index contributed by atoms with van der Waals surface area (Å²) in [6, 6.07) is -3.31. The van der Waals surface area contributed by atoms with Gasteiger partial charge in [-0.15, -0.1) is 11.8 Å². The maximum absolute atomic E-state index is 12.1. The minimum Gasteiger partial charge on any atom is -0.481 e. The lowest BCUT2D eigenvalue weighted by molar-refractivity contribution is -0.143. The third-order valence-electron chi connectivity index (χ3n) is 2.62. The number of nitrogens with two attached hydrogens (primary N) is 3. The van der Waals surface area contributed by atoms with Crippen LogP contribution in [0.3, 0.4) is 0 Å². The van der Waals surface area contributed by atoms with Gasteiger partial charge < -0.3 is 32.5 Å². The molecular formula is C11H17N3O8S. The Kier molecular flexibility index (Phi) is 8.21. The lowest BCUT2D eigenvalue weighted by Gasteiger charge is -2.24. The summed E-state index contributed by atoms with van der Waals surface area (Å²) in [5, 5.41) is 23.3. The predicted octanol–water partition coefficient (Wildman–Crippen LogP) is -2.80. The summed E-state index contributed by atoms with van der Waals surface area (Å²) in [6.07, 6.45) is -1.44. The normalized spacial score (nSPS) is 15.9. The lowest BCUT2D eigenvalue weighted by atomic mass is 10.0. The van der Waals surface area contributed by atoms with Crippen molar-refractivity contribution in [1.82, 2.24) is 0 Å². The van der Waals surface area contributed by atoms with Crippen LogP contribution >= 0.6 is 11.8 Å². The van der Waals surface area contributed by atoms with Crippen molar-refractivity contribution >= 4 is 41.4 Å². The maximum atomic E-state index is 12.1. The van der Waals surface area contributed by atoms with E-state index < -0.39 is 65.0 Å². The third kappa shape index (κ3) is 7.08. The number of carboxylic acids is 3. The second kappa shape index (κ2) is 9.07. The molecule has 0 aliphatic heterocycles. The molecule has 12 heteroatoms. The van der Waals surface area contributed by atoms with Gasteiger partial charge in [-0.05, 0) is 0 Å². The molecule has 11 nitrogen and oxygen atoms in total. The van der Waals surface area contributed by atoms with Crippen molar-refractivity contribution in [3.8, 4) is 0 Å². The van der Waals surface area contributed by atoms with Crippen molar-refractivity contribution < 1.29 is 39.3 Å². The number of ketones is 1. The summed E-state index contributed by atoms with van der Waals surface area (Å²) in [6.45, 7) is 0. The molecule has 0 aromatic heterocycles. The fourth-order valence-corrected chi connectivity index (χ4v) is 2.82. The average molecular weight is 351 g/mol. The van der Waals surface area contributed by atoms with E-state index in [9.17, 15) is 24.0 Å². The quantitative estimate of drug-likeness (QED) is 0.223. The SMILES string of the molecule is NC(=O)C[C@H](N)C(=O)C(SC(CC(=O)O)C(=O)O)[C@H](N)C(=O)O. The van der Waals surface area contributed by atoms with Gasteiger partial charge in [-0.2, -0.15) is 0 Å². The van der Waals surface area contributed by atoms with Crippen LogP contribution in [-0.4, -0.2) is 67.5 Å². The molecule has 4 atom stereocenters. The van der Waals surface area contributed by atoms with Crippen LogP contribution in [0.15, 0.2) is 0 Å². The van der Waals surface area contributed by atoms with Crippen molar-refractivity contribution in [3.63, 3.8) is 0 Å². The van der Waals surface area contributed by atoms with Crippen LogP contribution in [0.25, 0.3) is 0 Å². The van der Waals surface area contributed by atoms with Gasteiger partial charge in [-0.3, -0.25) is 24.0 Å². The molecule has 23 heavy (non-hydrogen) atoms. The van der Waals surface area contributed by atoms with E-state index in [4.69, 9.17) is 32.5 Å². The number of rotatable bonds is 11. The molecule has 130 valence electrons. The first-order valence-electron chi connectivity index (χ1n) is 6.13. The molecule has 0 saturated carbocycles. The molecular weight excluding hydrogens is 334 g/mol. The Bertz CT molecular complexity index is 512. The molecule has 0 fully saturated rings. The number of hydrogen-bond donors (Lipinski definition) is 6. The van der Waals surface area contributed by atoms with Crippen molar-refractivity contribution in [2.75, 3.05) is 0 Å². The topological polar surface area (TPSA) is 224 Å². The lowest BCUT2D eigenvalue weighted by Crippen LogP contribution is -2.51. The van der Waals surface area contributed by atoms with E-state index in [1.165, 1.54) is 0 Å². The van der Waals surface area contributed by atoms with E-state index in [0.29, 0.717) is 0 Å². The van der Waals surface area contributed by atoms with Gasteiger partial charge in [0.2, 0.25) is 5.91 Å². The van der Waals surface area contributed by atoms with Crippen molar-refractivity contribution in [2.24, 2.45) is 17.2 Å². The molecule has 0 rings (SSSR count). The van der Waals surface area contributed by atoms with Crippen molar-refractivity contribution in [3.05, 3.63) is 0 Å². The fraction of sp³-hybridized carbons (Fsp3) is 0.545. The molecule has 0 bridgehead atoms. The van der Waals surface area contributed by atoms with Gasteiger partial charge >= 0.3 is 17.9 Å². The molecule has 0 aliphatic carbocycles. The summed E-state index contributed by atoms with van der Waals surface area (Å²) in [5.41, 5.74) is 15.7. The highest BCUT2D eigenvalue weighted by atomic mass is 32.2. The first-order valence-corrected chi connectivity index (χ1v) is 7.07. The summed E-state index contributed by atoms with van der Waals surface area (Å²) in [5.74, 6) is -6.54. The number of thioether (sulfide) groups is 1. The zero-order chi connectivity index (χ0) is 18.3. The molecule has 0 aromatic rings. The zero-order valence-corrected chi connectivity index (χ0v) is 12.6. The molecule has 0 aromatic carbocycles. The second-order valence-electron chi connectivity index (χ2n) is 4.52. The highest BCUT2D eigenvalue weighted by Gasteiger charge is 2.38. The van der Waals surface area contributed by atoms with Crippen molar-refractivity contribution in [1.29, 1.82) is 0 Å². The zero-order valence-electron chi connectivity index (χ0n) is 11.7. The monoisotopic (exact) mass is 351 g/mol. The number of amides is 1. The van der Waals surface area contributed by atoms with Crippen molar-refractivity contribution in [2.45, 2.75) is 35.4 Å². The Hall–Kier alpha value is -2.18. The first kappa shape index (κ1) is 20.8. The second-order valence-corrected chi connectivity index (χ2v) is 5.87. The highest BCUT2D eigenvalue weighted by molar-refractivity contribution is 8.02. The van der Waals surface area contributed by atoms with Crippen LogP contribution in [0.4, 0.5) is 0 Å². The van der Waals surface area contributed by atoms with Gasteiger partial charge in [0.1, 0.15) is 11.3 Å². The summed E-state index contributed by atoms with van der Waals surface area (Å²) in [7, 11) is 0. The van der Waals surface area contributed by atoms with Gasteiger partial charge in [0, 0.05) is 6.42 Å². The molecule has 2 unspecified atom stereocenters. The van der Waals surface area contributed by atoms with Crippen LogP contribution in [0.2, 0.25) is 0 Å². The summed E-state index contributed by atoms with van der Waals surface area (Å²) >= 11 is 0.258. The maximum Gasteiger partial charge on any atom is 0.322 e. The van der Waals surface area contributed by atoms with E-state index in [1.807, 2.05) is 0 Å². The van der Waals surface area contributed by atoms with Crippen LogP contribution < -0.4 is 17.2 Å². The Balaban J connectivity index is 5.39. The van der Waals surface area contributed by atoms with Crippen LogP contribution in [0, 0.1) is 0 Å². The molecule has 1 amide bonds. The minimum absolute atomic E-state index is 0.258. The van der Waals surface area contributed by atoms with Gasteiger partial charge in [0.05, 0.1) is 17.7 Å². The van der Waals surface area contributed by atoms with Gasteiger partial charge in [-0.1, -0.05) is 0 Å². The Morgan fingerprint density at radius 2 is 1.43 bits per heavy atom. The van der Waals surface area contributed by atoms with Gasteiger partial charge in [0.25, 0.3) is 0 Å². The predicted molar refractivity (Wildman–Crippen MR) is 77.5 cm³/mol. The Morgan fingerprint density at radius 1 is 0.913 bits per heavy atom. The standard InChI is InChI=1S/C11H17N3O8S/c12-3(1-5(13)15)8(18)9(7(14)11(21)22)23-4(10(19)20)2-6(16)17/h3-4,7,9H,1-2,12,14H2,(H2,13,15)(H,16,17)(H,19,20)(H,21,22)/t3-,4?,7-,9?/m0/s1. The van der Waals surface area contributed by atoms with E-state index in [-0.39, 0.29) is 11.8 Å². The van der Waals surface area contributed by atoms with E-state index in [1.54, 1.807) is 0 Å². The largest absolute Gasteiger partial charge is 0.481 e. The smallest absolute Gasteiger partial charge is 0.322 e. The van der Waals surface area contributed by atoms with Gasteiger partial charge in [-0.25, -0.2) is 0 Å². The van der Waals surface area contributed by atoms with E-state index >= 15 is 0 Å². The first-order chi connectivity index (χ1) is 10.5. The highest BCUT2D eigenvalue weighted by Crippen LogP contribution is 2.25. The number of carbonyl (C=O) groups is 5. The number of Topliss-reactive ketones (excluding diaryl/α,β-unsaturated/α-hetero) is 1. The number of aliphatic carboxylic acids is 3. The fourth-order valence-electron chi connectivity index (χ4n) is 1.52. The number of carbonyl (C=O) groups excluding carboxylic acids is 2. The van der Waals surface area contributed by atoms with Crippen LogP contribution in [-0.2, 0) is 24.0 Å². The number of hydrogen-bond acceptors (Lipinski definition) is 8. The summed E-state index contributed by atoms with van der Waals surface area (Å²) < 4.78 is 0. The Labute approximate surface area is 134 Å². The third-order valence-corrected chi connectivity index (χ3v) is 4.14. The average Bonchev–Trinajstić information content (AvgIpc) is 2.40. The molecule has 0 radical (unpaired) electrons. The Morgan fingerprint density at radius 3 is 1.78 bits per heavy atom. The molecule has 0 heterocycles. The molecule has 0 spiro atoms. The van der Waals surface area contributed by atoms with E-state index in [2.05, 4.69) is 0 Å². The molecule has 0 saturated heterocycles. The van der Waals surface area contributed by atoms with Crippen LogP contribution in [0.5, 0.6) is 0 Å². The van der Waals surface area contributed by atoms with Crippen LogP contribution in [0.1, 0.15) is 12.8 Å². The number of primary amides is 1. The summed E-state index contributed by atoms with van der Waals surface area (Å²) in [4.78, 5) is 55.6. The number of carboxylic acid groups (broad SMARTS) is 3. The van der Waals surface area contributed by atoms with E-state index in [0.717, 1.165) is 0 Å².